The van der Waals surface area contributed by atoms with E-state index in [9.17, 15) is 4.79 Å². The zero-order valence-corrected chi connectivity index (χ0v) is 9.59. The van der Waals surface area contributed by atoms with Crippen molar-refractivity contribution in [1.82, 2.24) is 4.98 Å². The van der Waals surface area contributed by atoms with E-state index in [0.717, 1.165) is 10.9 Å². The van der Waals surface area contributed by atoms with Crippen LogP contribution in [-0.2, 0) is 4.74 Å². The van der Waals surface area contributed by atoms with Gasteiger partial charge in [-0.15, -0.1) is 0 Å². The lowest BCUT2D eigenvalue weighted by atomic mass is 10.2. The van der Waals surface area contributed by atoms with Crippen molar-refractivity contribution in [3.05, 3.63) is 28.9 Å². The summed E-state index contributed by atoms with van der Waals surface area (Å²) >= 11 is 5.91. The second-order valence-corrected chi connectivity index (χ2v) is 3.68. The second kappa shape index (κ2) is 4.06. The van der Waals surface area contributed by atoms with Gasteiger partial charge in [-0.3, -0.25) is 0 Å². The molecule has 4 nitrogen and oxygen atoms in total. The summed E-state index contributed by atoms with van der Waals surface area (Å²) in [7, 11) is 2.88. The molecule has 0 saturated heterocycles. The summed E-state index contributed by atoms with van der Waals surface area (Å²) in [6.07, 6.45) is 0. The number of benzene rings is 1. The third kappa shape index (κ3) is 1.72. The number of H-pyrrole nitrogens is 1. The smallest absolute Gasteiger partial charge is 0.354 e. The summed E-state index contributed by atoms with van der Waals surface area (Å²) in [5.41, 5.74) is 1.11. The molecule has 0 bridgehead atoms. The number of aromatic nitrogens is 1. The summed E-state index contributed by atoms with van der Waals surface area (Å²) in [6, 6.07) is 5.10. The summed E-state index contributed by atoms with van der Waals surface area (Å²) in [6.45, 7) is 0. The van der Waals surface area contributed by atoms with E-state index in [4.69, 9.17) is 16.3 Å². The van der Waals surface area contributed by atoms with Crippen LogP contribution in [0.1, 0.15) is 10.5 Å². The van der Waals surface area contributed by atoms with Crippen LogP contribution < -0.4 is 4.74 Å². The number of nitrogens with one attached hydrogen (secondary N) is 1. The number of hydrogen-bond acceptors (Lipinski definition) is 3. The first-order valence-corrected chi connectivity index (χ1v) is 4.98. The predicted molar refractivity (Wildman–Crippen MR) is 61.2 cm³/mol. The zero-order chi connectivity index (χ0) is 11.7. The summed E-state index contributed by atoms with van der Waals surface area (Å²) in [4.78, 5) is 14.3. The van der Waals surface area contributed by atoms with Gasteiger partial charge in [0.05, 0.1) is 19.7 Å². The molecule has 5 heteroatoms. The van der Waals surface area contributed by atoms with Crippen molar-refractivity contribution in [1.29, 1.82) is 0 Å². The van der Waals surface area contributed by atoms with Crippen LogP contribution in [0.25, 0.3) is 10.9 Å². The highest BCUT2D eigenvalue weighted by atomic mass is 35.5. The van der Waals surface area contributed by atoms with Crippen LogP contribution in [0.15, 0.2) is 18.2 Å². The van der Waals surface area contributed by atoms with E-state index >= 15 is 0 Å². The first-order chi connectivity index (χ1) is 7.65. The Morgan fingerprint density at radius 2 is 2.06 bits per heavy atom. The van der Waals surface area contributed by atoms with Gasteiger partial charge in [0, 0.05) is 10.4 Å². The zero-order valence-electron chi connectivity index (χ0n) is 8.83. The molecule has 0 radical (unpaired) electrons. The Bertz CT molecular complexity index is 547. The molecule has 1 heterocycles. The topological polar surface area (TPSA) is 51.3 Å². The number of aromatic amines is 1. The molecular formula is C11H10ClNO3. The number of carbonyl (C=O) groups excluding carboxylic acids is 1. The van der Waals surface area contributed by atoms with E-state index in [0.29, 0.717) is 16.5 Å². The van der Waals surface area contributed by atoms with Crippen LogP contribution in [0.5, 0.6) is 5.75 Å². The maximum Gasteiger partial charge on any atom is 0.354 e. The summed E-state index contributed by atoms with van der Waals surface area (Å²) < 4.78 is 9.80. The van der Waals surface area contributed by atoms with Gasteiger partial charge in [-0.1, -0.05) is 11.6 Å². The van der Waals surface area contributed by atoms with E-state index in [1.54, 1.807) is 25.3 Å². The Morgan fingerprint density at radius 1 is 1.31 bits per heavy atom. The van der Waals surface area contributed by atoms with Gasteiger partial charge in [0.25, 0.3) is 0 Å². The maximum atomic E-state index is 11.3. The molecule has 1 N–H and O–H groups in total. The molecule has 84 valence electrons. The fourth-order valence-corrected chi connectivity index (χ4v) is 1.77. The second-order valence-electron chi connectivity index (χ2n) is 3.24. The molecule has 16 heavy (non-hydrogen) atoms. The molecule has 1 aromatic heterocycles. The largest absolute Gasteiger partial charge is 0.496 e. The summed E-state index contributed by atoms with van der Waals surface area (Å²) in [5.74, 6) is 0.197. The molecule has 0 saturated carbocycles. The highest BCUT2D eigenvalue weighted by Crippen LogP contribution is 2.30. The van der Waals surface area contributed by atoms with Crippen LogP contribution in [0, 0.1) is 0 Å². The lowest BCUT2D eigenvalue weighted by Crippen LogP contribution is -2.00. The molecule has 0 unspecified atom stereocenters. The molecule has 0 aliphatic carbocycles. The third-order valence-electron chi connectivity index (χ3n) is 2.29. The number of halogens is 1. The van der Waals surface area contributed by atoms with Gasteiger partial charge < -0.3 is 14.5 Å². The van der Waals surface area contributed by atoms with Gasteiger partial charge in [0.1, 0.15) is 11.4 Å². The SMILES string of the molecule is COC(=O)c1cc2c(OC)cc(Cl)cc2[nH]1. The standard InChI is InChI=1S/C11H10ClNO3/c1-15-10-4-6(12)3-8-7(10)5-9(13-8)11(14)16-2/h3-5,13H,1-2H3. The quantitative estimate of drug-likeness (QED) is 0.820. The third-order valence-corrected chi connectivity index (χ3v) is 2.51. The van der Waals surface area contributed by atoms with Gasteiger partial charge in [-0.25, -0.2) is 4.79 Å². The minimum absolute atomic E-state index is 0.373. The summed E-state index contributed by atoms with van der Waals surface area (Å²) in [5, 5.41) is 1.34. The Hall–Kier alpha value is -1.68. The first-order valence-electron chi connectivity index (χ1n) is 4.60. The molecule has 0 amide bonds. The van der Waals surface area contributed by atoms with Crippen molar-refractivity contribution in [2.45, 2.75) is 0 Å². The van der Waals surface area contributed by atoms with Crippen molar-refractivity contribution < 1.29 is 14.3 Å². The van der Waals surface area contributed by atoms with E-state index in [2.05, 4.69) is 9.72 Å². The van der Waals surface area contributed by atoms with Gasteiger partial charge in [-0.05, 0) is 18.2 Å². The molecule has 2 rings (SSSR count). The van der Waals surface area contributed by atoms with E-state index in [-0.39, 0.29) is 0 Å². The molecule has 0 atom stereocenters. The average molecular weight is 240 g/mol. The molecule has 0 aliphatic heterocycles. The van der Waals surface area contributed by atoms with Crippen molar-refractivity contribution in [2.24, 2.45) is 0 Å². The van der Waals surface area contributed by atoms with Crippen molar-refractivity contribution in [3.63, 3.8) is 0 Å². The number of rotatable bonds is 2. The van der Waals surface area contributed by atoms with Crippen molar-refractivity contribution >= 4 is 28.5 Å². The average Bonchev–Trinajstić information content (AvgIpc) is 2.70. The highest BCUT2D eigenvalue weighted by Gasteiger charge is 2.12. The van der Waals surface area contributed by atoms with Crippen LogP contribution in [0.3, 0.4) is 0 Å². The lowest BCUT2D eigenvalue weighted by molar-refractivity contribution is 0.0595. The number of fused-ring (bicyclic) bond motifs is 1. The Balaban J connectivity index is 2.64. The number of esters is 1. The Kier molecular flexibility index (Phi) is 2.75. The van der Waals surface area contributed by atoms with Gasteiger partial charge in [0.15, 0.2) is 0 Å². The number of methoxy groups -OCH3 is 2. The minimum atomic E-state index is -0.422. The van der Waals surface area contributed by atoms with Crippen LogP contribution in [0.4, 0.5) is 0 Å². The molecule has 0 aliphatic rings. The predicted octanol–water partition coefficient (Wildman–Crippen LogP) is 2.62. The Labute approximate surface area is 97.1 Å². The molecule has 0 fully saturated rings. The van der Waals surface area contributed by atoms with E-state index in [1.807, 2.05) is 0 Å². The number of carbonyl (C=O) groups is 1. The van der Waals surface area contributed by atoms with Crippen LogP contribution in [-0.4, -0.2) is 25.2 Å². The fraction of sp³-hybridized carbons (Fsp3) is 0.182. The van der Waals surface area contributed by atoms with E-state index < -0.39 is 5.97 Å². The fourth-order valence-electron chi connectivity index (χ4n) is 1.56. The molecular weight excluding hydrogens is 230 g/mol. The normalized spacial score (nSPS) is 10.4. The minimum Gasteiger partial charge on any atom is -0.496 e. The lowest BCUT2D eigenvalue weighted by Gasteiger charge is -2.01. The number of ether oxygens (including phenoxy) is 2. The highest BCUT2D eigenvalue weighted by molar-refractivity contribution is 6.31. The molecule has 0 spiro atoms. The van der Waals surface area contributed by atoms with Crippen LogP contribution >= 0.6 is 11.6 Å². The van der Waals surface area contributed by atoms with Gasteiger partial charge in [0.2, 0.25) is 0 Å². The maximum absolute atomic E-state index is 11.3. The van der Waals surface area contributed by atoms with Crippen LogP contribution in [0.2, 0.25) is 5.02 Å². The van der Waals surface area contributed by atoms with Gasteiger partial charge >= 0.3 is 5.97 Å². The van der Waals surface area contributed by atoms with Gasteiger partial charge in [-0.2, -0.15) is 0 Å². The van der Waals surface area contributed by atoms with Crippen molar-refractivity contribution in [2.75, 3.05) is 14.2 Å². The first kappa shape index (κ1) is 10.8. The molecule has 1 aromatic carbocycles. The van der Waals surface area contributed by atoms with E-state index in [1.165, 1.54) is 7.11 Å². The monoisotopic (exact) mass is 239 g/mol. The van der Waals surface area contributed by atoms with Crippen molar-refractivity contribution in [3.8, 4) is 5.75 Å². The number of hydrogen-bond donors (Lipinski definition) is 1. The Morgan fingerprint density at radius 3 is 2.69 bits per heavy atom. The molecule has 2 aromatic rings.